The van der Waals surface area contributed by atoms with Crippen LogP contribution >= 0.6 is 0 Å². The summed E-state index contributed by atoms with van der Waals surface area (Å²) in [6.45, 7) is 6.18. The number of rotatable bonds is 2. The van der Waals surface area contributed by atoms with Crippen LogP contribution in [0.4, 0.5) is 11.5 Å². The van der Waals surface area contributed by atoms with Gasteiger partial charge in [-0.3, -0.25) is 0 Å². The van der Waals surface area contributed by atoms with Crippen LogP contribution in [0.25, 0.3) is 10.9 Å². The molecule has 0 atom stereocenters. The smallest absolute Gasteiger partial charge is 0.140 e. The summed E-state index contributed by atoms with van der Waals surface area (Å²) < 4.78 is 0. The monoisotopic (exact) mass is 304 g/mol. The van der Waals surface area contributed by atoms with Crippen LogP contribution in [0.3, 0.4) is 0 Å². The molecular weight excluding hydrogens is 284 g/mol. The normalized spacial score (nSPS) is 15.2. The molecule has 2 aromatic carbocycles. The molecule has 0 amide bonds. The molecule has 0 spiro atoms. The number of aromatic nitrogens is 2. The number of nitrogens with zero attached hydrogens (tertiary/aromatic N) is 4. The van der Waals surface area contributed by atoms with Gasteiger partial charge in [-0.25, -0.2) is 9.97 Å². The molecule has 1 aliphatic heterocycles. The van der Waals surface area contributed by atoms with Crippen LogP contribution in [-0.2, 0) is 0 Å². The topological polar surface area (TPSA) is 32.3 Å². The van der Waals surface area contributed by atoms with Gasteiger partial charge in [-0.1, -0.05) is 30.3 Å². The molecule has 116 valence electrons. The van der Waals surface area contributed by atoms with Crippen LogP contribution < -0.4 is 9.80 Å². The van der Waals surface area contributed by atoms with Crippen molar-refractivity contribution in [1.29, 1.82) is 0 Å². The summed E-state index contributed by atoms with van der Waals surface area (Å²) in [5.41, 5.74) is 3.70. The van der Waals surface area contributed by atoms with Crippen LogP contribution in [-0.4, -0.2) is 36.1 Å². The van der Waals surface area contributed by atoms with Crippen LogP contribution in [0.5, 0.6) is 0 Å². The fourth-order valence-electron chi connectivity index (χ4n) is 3.32. The van der Waals surface area contributed by atoms with Gasteiger partial charge in [0.05, 0.1) is 5.52 Å². The van der Waals surface area contributed by atoms with E-state index in [1.807, 2.05) is 12.1 Å². The first-order valence-corrected chi connectivity index (χ1v) is 8.08. The van der Waals surface area contributed by atoms with Crippen molar-refractivity contribution in [3.8, 4) is 0 Å². The van der Waals surface area contributed by atoms with E-state index in [2.05, 4.69) is 63.1 Å². The lowest BCUT2D eigenvalue weighted by Gasteiger charge is -2.37. The molecular formula is C19H20N4. The average Bonchev–Trinajstić information content (AvgIpc) is 2.62. The van der Waals surface area contributed by atoms with Gasteiger partial charge in [0.1, 0.15) is 12.1 Å². The lowest BCUT2D eigenvalue weighted by molar-refractivity contribution is 0.648. The van der Waals surface area contributed by atoms with Crippen molar-refractivity contribution in [2.45, 2.75) is 6.92 Å². The summed E-state index contributed by atoms with van der Waals surface area (Å²) in [5.74, 6) is 1.06. The van der Waals surface area contributed by atoms with Crippen molar-refractivity contribution in [3.05, 3.63) is 60.4 Å². The summed E-state index contributed by atoms with van der Waals surface area (Å²) in [6.07, 6.45) is 1.67. The van der Waals surface area contributed by atoms with E-state index in [0.29, 0.717) is 0 Å². The largest absolute Gasteiger partial charge is 0.368 e. The lowest BCUT2D eigenvalue weighted by Crippen LogP contribution is -2.47. The summed E-state index contributed by atoms with van der Waals surface area (Å²) >= 11 is 0. The van der Waals surface area contributed by atoms with E-state index in [-0.39, 0.29) is 0 Å². The van der Waals surface area contributed by atoms with Gasteiger partial charge < -0.3 is 9.80 Å². The Balaban J connectivity index is 1.57. The van der Waals surface area contributed by atoms with E-state index in [9.17, 15) is 0 Å². The van der Waals surface area contributed by atoms with E-state index in [4.69, 9.17) is 0 Å². The van der Waals surface area contributed by atoms with Crippen LogP contribution in [0.15, 0.2) is 54.9 Å². The van der Waals surface area contributed by atoms with E-state index in [1.165, 1.54) is 11.3 Å². The number of hydrogen-bond acceptors (Lipinski definition) is 4. The Bertz CT molecular complexity index is 817. The van der Waals surface area contributed by atoms with Gasteiger partial charge in [-0.05, 0) is 30.7 Å². The maximum absolute atomic E-state index is 4.54. The highest BCUT2D eigenvalue weighted by Crippen LogP contribution is 2.26. The summed E-state index contributed by atoms with van der Waals surface area (Å²) in [5, 5.41) is 1.14. The molecule has 1 aromatic heterocycles. The molecule has 4 rings (SSSR count). The van der Waals surface area contributed by atoms with Gasteiger partial charge in [0.15, 0.2) is 0 Å². The second kappa shape index (κ2) is 5.88. The molecule has 23 heavy (non-hydrogen) atoms. The van der Waals surface area contributed by atoms with E-state index < -0.39 is 0 Å². The van der Waals surface area contributed by atoms with Crippen LogP contribution in [0.1, 0.15) is 5.56 Å². The van der Waals surface area contributed by atoms with Crippen LogP contribution in [0, 0.1) is 6.92 Å². The van der Waals surface area contributed by atoms with Crippen molar-refractivity contribution in [2.24, 2.45) is 0 Å². The van der Waals surface area contributed by atoms with E-state index in [1.54, 1.807) is 6.33 Å². The fraction of sp³-hybridized carbons (Fsp3) is 0.263. The number of fused-ring (bicyclic) bond motifs is 1. The Morgan fingerprint density at radius 3 is 2.30 bits per heavy atom. The Labute approximate surface area is 136 Å². The Hall–Kier alpha value is -2.62. The lowest BCUT2D eigenvalue weighted by atomic mass is 10.1. The third kappa shape index (κ3) is 2.61. The molecule has 1 fully saturated rings. The number of hydrogen-bond donors (Lipinski definition) is 0. The standard InChI is InChI=1S/C19H20N4/c1-15-6-2-5-9-18(15)22-10-12-23(13-11-22)19-16-7-3-4-8-17(16)20-14-21-19/h2-9,14H,10-13H2,1H3. The predicted octanol–water partition coefficient (Wildman–Crippen LogP) is 3.26. The van der Waals surface area contributed by atoms with Crippen molar-refractivity contribution in [2.75, 3.05) is 36.0 Å². The first-order valence-electron chi connectivity index (χ1n) is 8.08. The zero-order valence-electron chi connectivity index (χ0n) is 13.3. The van der Waals surface area contributed by atoms with Gasteiger partial charge >= 0.3 is 0 Å². The molecule has 0 unspecified atom stereocenters. The summed E-state index contributed by atoms with van der Waals surface area (Å²) in [7, 11) is 0. The summed E-state index contributed by atoms with van der Waals surface area (Å²) in [6, 6.07) is 16.8. The molecule has 4 heteroatoms. The molecule has 2 heterocycles. The second-order valence-electron chi connectivity index (χ2n) is 5.98. The first kappa shape index (κ1) is 14.0. The minimum Gasteiger partial charge on any atom is -0.368 e. The molecule has 0 bridgehead atoms. The zero-order chi connectivity index (χ0) is 15.6. The van der Waals surface area contributed by atoms with Crippen LogP contribution in [0.2, 0.25) is 0 Å². The number of para-hydroxylation sites is 2. The highest BCUT2D eigenvalue weighted by atomic mass is 15.3. The third-order valence-corrected chi connectivity index (χ3v) is 4.56. The predicted molar refractivity (Wildman–Crippen MR) is 95.1 cm³/mol. The molecule has 1 aliphatic rings. The molecule has 4 nitrogen and oxygen atoms in total. The minimum absolute atomic E-state index is 0.981. The Morgan fingerprint density at radius 1 is 0.783 bits per heavy atom. The highest BCUT2D eigenvalue weighted by Gasteiger charge is 2.20. The molecule has 3 aromatic rings. The van der Waals surface area contributed by atoms with E-state index in [0.717, 1.165) is 42.9 Å². The minimum atomic E-state index is 0.981. The third-order valence-electron chi connectivity index (χ3n) is 4.56. The van der Waals surface area contributed by atoms with Gasteiger partial charge in [0.2, 0.25) is 0 Å². The highest BCUT2D eigenvalue weighted by molar-refractivity contribution is 5.89. The maximum Gasteiger partial charge on any atom is 0.140 e. The molecule has 1 saturated heterocycles. The van der Waals surface area contributed by atoms with Crippen molar-refractivity contribution >= 4 is 22.4 Å². The quantitative estimate of drug-likeness (QED) is 0.727. The SMILES string of the molecule is Cc1ccccc1N1CCN(c2ncnc3ccccc23)CC1. The van der Waals surface area contributed by atoms with Crippen molar-refractivity contribution in [3.63, 3.8) is 0 Å². The number of benzene rings is 2. The summed E-state index contributed by atoms with van der Waals surface area (Å²) in [4.78, 5) is 13.7. The maximum atomic E-state index is 4.54. The molecule has 0 saturated carbocycles. The number of piperazine rings is 1. The van der Waals surface area contributed by atoms with E-state index >= 15 is 0 Å². The fourth-order valence-corrected chi connectivity index (χ4v) is 3.32. The van der Waals surface area contributed by atoms with Gasteiger partial charge in [0.25, 0.3) is 0 Å². The average molecular weight is 304 g/mol. The van der Waals surface area contributed by atoms with Gasteiger partial charge in [0, 0.05) is 37.3 Å². The number of aryl methyl sites for hydroxylation is 1. The molecule has 0 N–H and O–H groups in total. The van der Waals surface area contributed by atoms with Gasteiger partial charge in [-0.15, -0.1) is 0 Å². The second-order valence-corrected chi connectivity index (χ2v) is 5.98. The van der Waals surface area contributed by atoms with Crippen molar-refractivity contribution in [1.82, 2.24) is 9.97 Å². The molecule has 0 aliphatic carbocycles. The molecule has 0 radical (unpaired) electrons. The zero-order valence-corrected chi connectivity index (χ0v) is 13.3. The first-order chi connectivity index (χ1) is 11.3. The Kier molecular flexibility index (Phi) is 3.58. The Morgan fingerprint density at radius 2 is 1.48 bits per heavy atom. The number of anilines is 2. The van der Waals surface area contributed by atoms with Gasteiger partial charge in [-0.2, -0.15) is 0 Å². The van der Waals surface area contributed by atoms with Crippen molar-refractivity contribution < 1.29 is 0 Å².